The van der Waals surface area contributed by atoms with E-state index in [-0.39, 0.29) is 26.5 Å². The predicted octanol–water partition coefficient (Wildman–Crippen LogP) is 5.02. The number of nitrogens with zero attached hydrogens (tertiary/aromatic N) is 6. The van der Waals surface area contributed by atoms with Crippen molar-refractivity contribution in [3.63, 3.8) is 0 Å². The Morgan fingerprint density at radius 1 is 0.976 bits per heavy atom. The van der Waals surface area contributed by atoms with Crippen molar-refractivity contribution in [3.8, 4) is 5.69 Å². The van der Waals surface area contributed by atoms with Crippen molar-refractivity contribution in [1.29, 1.82) is 0 Å². The van der Waals surface area contributed by atoms with Gasteiger partial charge in [-0.3, -0.25) is 9.36 Å². The van der Waals surface area contributed by atoms with Gasteiger partial charge in [0, 0.05) is 25.7 Å². The number of aromatic nitrogens is 7. The van der Waals surface area contributed by atoms with E-state index in [0.29, 0.717) is 25.0 Å². The lowest BCUT2D eigenvalue weighted by molar-refractivity contribution is -0.144. The summed E-state index contributed by atoms with van der Waals surface area (Å²) in [6.45, 7) is 6.73. The Kier molecular flexibility index (Phi) is 9.41. The van der Waals surface area contributed by atoms with E-state index >= 15 is 0 Å². The zero-order valence-corrected chi connectivity index (χ0v) is 23.4. The first-order valence-electron chi connectivity index (χ1n) is 11.6. The molecule has 3 heterocycles. The first-order chi connectivity index (χ1) is 19.3. The number of rotatable bonds is 5. The molecule has 0 radical (unpaired) electrons. The lowest BCUT2D eigenvalue weighted by Crippen LogP contribution is -2.41. The molecule has 0 saturated carbocycles. The number of aromatic amines is 1. The van der Waals surface area contributed by atoms with Crippen molar-refractivity contribution < 1.29 is 30.7 Å². The molecule has 3 aromatic heterocycles. The highest BCUT2D eigenvalue weighted by atomic mass is 35.5. The van der Waals surface area contributed by atoms with Gasteiger partial charge in [-0.15, -0.1) is 0 Å². The Morgan fingerprint density at radius 2 is 1.60 bits per heavy atom. The third-order valence-corrected chi connectivity index (χ3v) is 5.57. The highest BCUT2D eigenvalue weighted by Gasteiger charge is 2.37. The Bertz CT molecular complexity index is 1730. The fourth-order valence-corrected chi connectivity index (χ4v) is 3.84. The lowest BCUT2D eigenvalue weighted by atomic mass is 10.2. The monoisotopic (exact) mass is 645 g/mol. The van der Waals surface area contributed by atoms with Gasteiger partial charge < -0.3 is 15.6 Å². The summed E-state index contributed by atoms with van der Waals surface area (Å²) in [6.07, 6.45) is -10.1. The van der Waals surface area contributed by atoms with Crippen LogP contribution in [0, 0.1) is 5.82 Å². The van der Waals surface area contributed by atoms with Gasteiger partial charge in [0.05, 0.1) is 10.5 Å². The Labute approximate surface area is 240 Å². The van der Waals surface area contributed by atoms with Gasteiger partial charge >= 0.3 is 18.0 Å². The van der Waals surface area contributed by atoms with Crippen molar-refractivity contribution in [2.24, 2.45) is 7.05 Å². The molecule has 0 aliphatic heterocycles. The Morgan fingerprint density at radius 3 is 2.14 bits per heavy atom. The standard InChI is InChI=1S/C14H6ClF7N4O2.C8H14ClN5/c1-25-6(13(17,18)19)3-7(27)26(12(25)28)10-5(16)2-4(15)8-9(10)24-11(23-8)14(20,21)22;1-4-10-7-12-6(9)13-8(14-7)11-5(2)3/h2-3H,1H3,(H,23,24);5H,4H2,1-3H3,(H2,10,11,12,13,14). The van der Waals surface area contributed by atoms with Crippen molar-refractivity contribution in [1.82, 2.24) is 34.1 Å². The third kappa shape index (κ3) is 7.10. The summed E-state index contributed by atoms with van der Waals surface area (Å²) < 4.78 is 91.9. The molecular formula is C22H20Cl2F7N9O2. The Balaban J connectivity index is 0.000000291. The molecule has 0 spiro atoms. The van der Waals surface area contributed by atoms with Crippen LogP contribution >= 0.6 is 23.2 Å². The number of imidazole rings is 1. The minimum Gasteiger partial charge on any atom is -0.354 e. The van der Waals surface area contributed by atoms with Gasteiger partial charge in [0.25, 0.3) is 5.56 Å². The van der Waals surface area contributed by atoms with Crippen molar-refractivity contribution in [2.75, 3.05) is 17.2 Å². The molecule has 42 heavy (non-hydrogen) atoms. The summed E-state index contributed by atoms with van der Waals surface area (Å²) in [7, 11) is 0.667. The summed E-state index contributed by atoms with van der Waals surface area (Å²) in [5.41, 5.74) is -7.31. The number of halogens is 9. The average molecular weight is 646 g/mol. The summed E-state index contributed by atoms with van der Waals surface area (Å²) in [5, 5.41) is 5.66. The molecule has 0 aliphatic carbocycles. The fourth-order valence-electron chi connectivity index (χ4n) is 3.45. The number of fused-ring (bicyclic) bond motifs is 1. The van der Waals surface area contributed by atoms with E-state index in [2.05, 4.69) is 30.6 Å². The second kappa shape index (κ2) is 12.1. The predicted molar refractivity (Wildman–Crippen MR) is 140 cm³/mol. The molecule has 0 aliphatic rings. The molecule has 228 valence electrons. The maximum atomic E-state index is 14.5. The molecule has 0 fully saturated rings. The number of benzene rings is 1. The zero-order chi connectivity index (χ0) is 31.7. The van der Waals surface area contributed by atoms with E-state index in [9.17, 15) is 40.3 Å². The van der Waals surface area contributed by atoms with E-state index < -0.39 is 62.7 Å². The zero-order valence-electron chi connectivity index (χ0n) is 21.8. The minimum absolute atomic E-state index is 0.0162. The maximum Gasteiger partial charge on any atom is 0.449 e. The fraction of sp³-hybridized carbons (Fsp3) is 0.364. The van der Waals surface area contributed by atoms with Gasteiger partial charge in [0.2, 0.25) is 23.0 Å². The van der Waals surface area contributed by atoms with Crippen molar-refractivity contribution in [3.05, 3.63) is 60.6 Å². The lowest BCUT2D eigenvalue weighted by Gasteiger charge is -2.14. The molecule has 4 aromatic rings. The number of H-pyrrole nitrogens is 1. The van der Waals surface area contributed by atoms with Crippen LogP contribution in [0.2, 0.25) is 10.3 Å². The van der Waals surface area contributed by atoms with Crippen molar-refractivity contribution >= 4 is 46.1 Å². The van der Waals surface area contributed by atoms with E-state index in [1.807, 2.05) is 20.8 Å². The van der Waals surface area contributed by atoms with Crippen LogP contribution in [0.4, 0.5) is 42.6 Å². The number of nitrogens with one attached hydrogen (secondary N) is 3. The van der Waals surface area contributed by atoms with Crippen LogP contribution in [0.5, 0.6) is 0 Å². The SMILES string of the molecule is CCNc1nc(Cl)nc(NC(C)C)n1.Cn1c(C(F)(F)F)cc(=O)n(-c2c(F)cc(Cl)c3nc(C(F)(F)F)[nH]c23)c1=O. The van der Waals surface area contributed by atoms with Crippen LogP contribution in [0.3, 0.4) is 0 Å². The van der Waals surface area contributed by atoms with Gasteiger partial charge in [-0.25, -0.2) is 18.7 Å². The van der Waals surface area contributed by atoms with E-state index in [0.717, 1.165) is 6.54 Å². The molecule has 0 atom stereocenters. The van der Waals surface area contributed by atoms with Gasteiger partial charge in [-0.2, -0.15) is 41.3 Å². The maximum absolute atomic E-state index is 14.5. The number of hydrogen-bond acceptors (Lipinski definition) is 8. The van der Waals surface area contributed by atoms with Crippen LogP contribution in [-0.2, 0) is 19.4 Å². The Hall–Kier alpha value is -3.93. The molecule has 4 rings (SSSR count). The largest absolute Gasteiger partial charge is 0.449 e. The number of hydrogen-bond donors (Lipinski definition) is 3. The minimum atomic E-state index is -5.07. The van der Waals surface area contributed by atoms with Crippen LogP contribution in [0.15, 0.2) is 21.7 Å². The molecule has 11 nitrogen and oxygen atoms in total. The summed E-state index contributed by atoms with van der Waals surface area (Å²) in [6, 6.07) is 0.773. The highest BCUT2D eigenvalue weighted by Crippen LogP contribution is 2.34. The van der Waals surface area contributed by atoms with E-state index in [1.54, 1.807) is 4.98 Å². The topological polar surface area (TPSA) is 135 Å². The van der Waals surface area contributed by atoms with Gasteiger partial charge in [0.1, 0.15) is 16.9 Å². The summed E-state index contributed by atoms with van der Waals surface area (Å²) >= 11 is 11.4. The molecular weight excluding hydrogens is 626 g/mol. The number of anilines is 2. The molecule has 1 aromatic carbocycles. The van der Waals surface area contributed by atoms with E-state index in [4.69, 9.17) is 23.2 Å². The van der Waals surface area contributed by atoms with Crippen molar-refractivity contribution in [2.45, 2.75) is 39.2 Å². The first kappa shape index (κ1) is 32.6. The van der Waals surface area contributed by atoms with Crippen LogP contribution in [0.1, 0.15) is 32.3 Å². The highest BCUT2D eigenvalue weighted by molar-refractivity contribution is 6.35. The molecule has 3 N–H and O–H groups in total. The smallest absolute Gasteiger partial charge is 0.354 e. The van der Waals surface area contributed by atoms with Crippen LogP contribution < -0.4 is 21.9 Å². The molecule has 0 saturated heterocycles. The van der Waals surface area contributed by atoms with E-state index in [1.165, 1.54) is 0 Å². The third-order valence-electron chi connectivity index (χ3n) is 5.11. The number of alkyl halides is 6. The quantitative estimate of drug-likeness (QED) is 0.258. The van der Waals surface area contributed by atoms with Crippen LogP contribution in [0.25, 0.3) is 16.7 Å². The summed E-state index contributed by atoms with van der Waals surface area (Å²) in [4.78, 5) is 41.3. The molecule has 0 bridgehead atoms. The molecule has 20 heteroatoms. The second-order valence-electron chi connectivity index (χ2n) is 8.62. The molecule has 0 amide bonds. The first-order valence-corrected chi connectivity index (χ1v) is 12.4. The second-order valence-corrected chi connectivity index (χ2v) is 9.36. The van der Waals surface area contributed by atoms with Gasteiger partial charge in [-0.05, 0) is 38.4 Å². The average Bonchev–Trinajstić information content (AvgIpc) is 3.29. The summed E-state index contributed by atoms with van der Waals surface area (Å²) in [5.74, 6) is -2.03. The molecule has 0 unspecified atom stereocenters. The van der Waals surface area contributed by atoms with Gasteiger partial charge in [-0.1, -0.05) is 11.6 Å². The van der Waals surface area contributed by atoms with Gasteiger partial charge in [0.15, 0.2) is 5.82 Å². The van der Waals surface area contributed by atoms with Crippen LogP contribution in [-0.4, -0.2) is 46.6 Å². The normalized spacial score (nSPS) is 12.0.